The number of rotatable bonds is 6. The van der Waals surface area contributed by atoms with Gasteiger partial charge in [0.15, 0.2) is 0 Å². The molecule has 1 unspecified atom stereocenters. The Bertz CT molecular complexity index is 1040. The zero-order valence-electron chi connectivity index (χ0n) is 15.3. The monoisotopic (exact) mass is 400 g/mol. The van der Waals surface area contributed by atoms with E-state index in [2.05, 4.69) is 11.4 Å². The van der Waals surface area contributed by atoms with Crippen molar-refractivity contribution in [2.75, 3.05) is 18.4 Å². The molecule has 146 valence electrons. The first-order chi connectivity index (χ1) is 13.3. The van der Waals surface area contributed by atoms with Gasteiger partial charge in [-0.2, -0.15) is 9.57 Å². The van der Waals surface area contributed by atoms with Crippen LogP contribution in [0, 0.1) is 21.4 Å². The predicted octanol–water partition coefficient (Wildman–Crippen LogP) is 3.42. The van der Waals surface area contributed by atoms with Gasteiger partial charge in [-0.25, -0.2) is 8.42 Å². The number of non-ortho nitro benzene ring substituents is 1. The molecule has 1 N–H and O–H groups in total. The Balaban J connectivity index is 2.00. The van der Waals surface area contributed by atoms with Gasteiger partial charge in [0.2, 0.25) is 10.0 Å². The first-order valence-corrected chi connectivity index (χ1v) is 10.3. The SMILES string of the molecule is CC(Nc1ccc([N+](=O)[O-])cc1S(=O)(=O)N1CCCC1)c1cccc(C#N)c1. The maximum Gasteiger partial charge on any atom is 0.270 e. The summed E-state index contributed by atoms with van der Waals surface area (Å²) in [7, 11) is -3.85. The van der Waals surface area contributed by atoms with Crippen LogP contribution >= 0.6 is 0 Å². The summed E-state index contributed by atoms with van der Waals surface area (Å²) in [4.78, 5) is 10.5. The molecule has 9 heteroatoms. The average molecular weight is 400 g/mol. The summed E-state index contributed by atoms with van der Waals surface area (Å²) < 4.78 is 27.5. The van der Waals surface area contributed by atoms with Crippen LogP contribution in [-0.2, 0) is 10.0 Å². The summed E-state index contributed by atoms with van der Waals surface area (Å²) in [6, 6.07) is 12.6. The molecule has 2 aromatic carbocycles. The Morgan fingerprint density at radius 2 is 1.93 bits per heavy atom. The number of nitriles is 1. The number of hydrogen-bond donors (Lipinski definition) is 1. The largest absolute Gasteiger partial charge is 0.377 e. The standard InChI is InChI=1S/C19H20N4O4S/c1-14(16-6-4-5-15(11-16)13-20)21-18-8-7-17(23(24)25)12-19(18)28(26,27)22-9-2-3-10-22/h4-8,11-12,14,21H,2-3,9-10H2,1H3. The van der Waals surface area contributed by atoms with Crippen LogP contribution in [0.15, 0.2) is 47.4 Å². The quantitative estimate of drug-likeness (QED) is 0.586. The number of nitrogens with one attached hydrogen (secondary N) is 1. The summed E-state index contributed by atoms with van der Waals surface area (Å²) in [6.45, 7) is 2.65. The van der Waals surface area contributed by atoms with E-state index in [1.165, 1.54) is 16.4 Å². The van der Waals surface area contributed by atoms with E-state index in [0.29, 0.717) is 24.3 Å². The highest BCUT2D eigenvalue weighted by molar-refractivity contribution is 7.89. The molecule has 0 bridgehead atoms. The average Bonchev–Trinajstić information content (AvgIpc) is 3.23. The van der Waals surface area contributed by atoms with Crippen LogP contribution in [0.5, 0.6) is 0 Å². The molecule has 1 atom stereocenters. The van der Waals surface area contributed by atoms with Crippen LogP contribution in [0.3, 0.4) is 0 Å². The fraction of sp³-hybridized carbons (Fsp3) is 0.316. The second-order valence-electron chi connectivity index (χ2n) is 6.65. The third-order valence-electron chi connectivity index (χ3n) is 4.75. The van der Waals surface area contributed by atoms with Gasteiger partial charge in [-0.1, -0.05) is 12.1 Å². The van der Waals surface area contributed by atoms with E-state index < -0.39 is 14.9 Å². The summed E-state index contributed by atoms with van der Waals surface area (Å²) in [5.74, 6) is 0. The molecule has 1 aliphatic heterocycles. The smallest absolute Gasteiger partial charge is 0.270 e. The first-order valence-electron chi connectivity index (χ1n) is 8.88. The fourth-order valence-electron chi connectivity index (χ4n) is 3.22. The highest BCUT2D eigenvalue weighted by Gasteiger charge is 2.31. The molecule has 3 rings (SSSR count). The highest BCUT2D eigenvalue weighted by Crippen LogP contribution is 2.32. The lowest BCUT2D eigenvalue weighted by atomic mass is 10.1. The lowest BCUT2D eigenvalue weighted by molar-refractivity contribution is -0.385. The second kappa shape index (κ2) is 7.96. The fourth-order valence-corrected chi connectivity index (χ4v) is 4.91. The van der Waals surface area contributed by atoms with Gasteiger partial charge in [-0.3, -0.25) is 10.1 Å². The third-order valence-corrected chi connectivity index (χ3v) is 6.69. The Morgan fingerprint density at radius 1 is 1.21 bits per heavy atom. The van der Waals surface area contributed by atoms with Gasteiger partial charge in [0.1, 0.15) is 4.90 Å². The maximum atomic E-state index is 13.1. The van der Waals surface area contributed by atoms with Crippen molar-refractivity contribution >= 4 is 21.4 Å². The molecule has 1 saturated heterocycles. The molecule has 0 radical (unpaired) electrons. The number of hydrogen-bond acceptors (Lipinski definition) is 6. The molecule has 0 spiro atoms. The first kappa shape index (κ1) is 19.8. The summed E-state index contributed by atoms with van der Waals surface area (Å²) in [5.41, 5.74) is 1.33. The van der Waals surface area contributed by atoms with E-state index in [1.54, 1.807) is 18.2 Å². The van der Waals surface area contributed by atoms with E-state index in [4.69, 9.17) is 5.26 Å². The van der Waals surface area contributed by atoms with Crippen molar-refractivity contribution in [2.24, 2.45) is 0 Å². The molecule has 0 aliphatic carbocycles. The molecule has 1 aliphatic rings. The lowest BCUT2D eigenvalue weighted by Gasteiger charge is -2.21. The van der Waals surface area contributed by atoms with Crippen LogP contribution in [-0.4, -0.2) is 30.7 Å². The van der Waals surface area contributed by atoms with Crippen molar-refractivity contribution in [2.45, 2.75) is 30.7 Å². The molecule has 1 heterocycles. The Morgan fingerprint density at radius 3 is 2.57 bits per heavy atom. The van der Waals surface area contributed by atoms with Gasteiger partial charge in [0.25, 0.3) is 5.69 Å². The van der Waals surface area contributed by atoms with Crippen molar-refractivity contribution in [3.05, 3.63) is 63.7 Å². The van der Waals surface area contributed by atoms with Crippen LogP contribution in [0.4, 0.5) is 11.4 Å². The van der Waals surface area contributed by atoms with Gasteiger partial charge >= 0.3 is 0 Å². The van der Waals surface area contributed by atoms with Crippen molar-refractivity contribution in [1.29, 1.82) is 5.26 Å². The molecular weight excluding hydrogens is 380 g/mol. The molecule has 0 amide bonds. The minimum absolute atomic E-state index is 0.105. The maximum absolute atomic E-state index is 13.1. The van der Waals surface area contributed by atoms with E-state index in [0.717, 1.165) is 24.5 Å². The zero-order chi connectivity index (χ0) is 20.3. The van der Waals surface area contributed by atoms with Crippen molar-refractivity contribution in [3.63, 3.8) is 0 Å². The van der Waals surface area contributed by atoms with Gasteiger partial charge in [-0.05, 0) is 43.5 Å². The van der Waals surface area contributed by atoms with Gasteiger partial charge in [-0.15, -0.1) is 0 Å². The molecular formula is C19H20N4O4S. The zero-order valence-corrected chi connectivity index (χ0v) is 16.1. The molecule has 8 nitrogen and oxygen atoms in total. The van der Waals surface area contributed by atoms with Crippen LogP contribution in [0.1, 0.15) is 36.9 Å². The van der Waals surface area contributed by atoms with Crippen LogP contribution < -0.4 is 5.32 Å². The minimum atomic E-state index is -3.85. The molecule has 1 fully saturated rings. The molecule has 28 heavy (non-hydrogen) atoms. The summed E-state index contributed by atoms with van der Waals surface area (Å²) in [5, 5.41) is 23.4. The van der Waals surface area contributed by atoms with Crippen molar-refractivity contribution in [1.82, 2.24) is 4.31 Å². The highest BCUT2D eigenvalue weighted by atomic mass is 32.2. The normalized spacial score (nSPS) is 15.7. The number of nitro benzene ring substituents is 1. The van der Waals surface area contributed by atoms with Crippen molar-refractivity contribution in [3.8, 4) is 6.07 Å². The number of nitro groups is 1. The molecule has 0 saturated carbocycles. The third kappa shape index (κ3) is 3.98. The predicted molar refractivity (Wildman–Crippen MR) is 104 cm³/mol. The van der Waals surface area contributed by atoms with Crippen LogP contribution in [0.2, 0.25) is 0 Å². The van der Waals surface area contributed by atoms with E-state index in [9.17, 15) is 18.5 Å². The van der Waals surface area contributed by atoms with Gasteiger partial charge < -0.3 is 5.32 Å². The van der Waals surface area contributed by atoms with Crippen LogP contribution in [0.25, 0.3) is 0 Å². The number of benzene rings is 2. The Hall–Kier alpha value is -2.96. The lowest BCUT2D eigenvalue weighted by Crippen LogP contribution is -2.28. The van der Waals surface area contributed by atoms with E-state index in [-0.39, 0.29) is 16.6 Å². The molecule has 0 aromatic heterocycles. The van der Waals surface area contributed by atoms with E-state index in [1.807, 2.05) is 13.0 Å². The summed E-state index contributed by atoms with van der Waals surface area (Å²) >= 11 is 0. The molecule has 2 aromatic rings. The van der Waals surface area contributed by atoms with E-state index >= 15 is 0 Å². The van der Waals surface area contributed by atoms with Crippen molar-refractivity contribution < 1.29 is 13.3 Å². The van der Waals surface area contributed by atoms with Gasteiger partial charge in [0, 0.05) is 31.3 Å². The Kier molecular flexibility index (Phi) is 5.63. The minimum Gasteiger partial charge on any atom is -0.377 e. The Labute approximate surface area is 163 Å². The second-order valence-corrected chi connectivity index (χ2v) is 8.56. The number of nitrogens with zero attached hydrogens (tertiary/aromatic N) is 3. The summed E-state index contributed by atoms with van der Waals surface area (Å²) in [6.07, 6.45) is 1.54. The topological polar surface area (TPSA) is 116 Å². The number of sulfonamides is 1. The van der Waals surface area contributed by atoms with Gasteiger partial charge in [0.05, 0.1) is 22.2 Å². The number of anilines is 1.